The third kappa shape index (κ3) is 4.20. The summed E-state index contributed by atoms with van der Waals surface area (Å²) in [5, 5.41) is 3.10. The second kappa shape index (κ2) is 7.59. The summed E-state index contributed by atoms with van der Waals surface area (Å²) in [4.78, 5) is 14.6. The SMILES string of the molecule is O=C(CC1C=CCC1)NCc1ccccc1CN1CCCC1. The Morgan fingerprint density at radius 3 is 2.68 bits per heavy atom. The van der Waals surface area contributed by atoms with Crippen molar-refractivity contribution in [2.24, 2.45) is 5.92 Å². The summed E-state index contributed by atoms with van der Waals surface area (Å²) < 4.78 is 0. The maximum atomic E-state index is 12.1. The Hall–Kier alpha value is -1.61. The maximum absolute atomic E-state index is 12.1. The first-order valence-electron chi connectivity index (χ1n) is 8.54. The van der Waals surface area contributed by atoms with Gasteiger partial charge in [-0.15, -0.1) is 0 Å². The summed E-state index contributed by atoms with van der Waals surface area (Å²) in [6.07, 6.45) is 9.87. The van der Waals surface area contributed by atoms with E-state index in [-0.39, 0.29) is 5.91 Å². The van der Waals surface area contributed by atoms with Crippen LogP contribution in [0.3, 0.4) is 0 Å². The van der Waals surface area contributed by atoms with Gasteiger partial charge in [0, 0.05) is 19.5 Å². The Morgan fingerprint density at radius 2 is 1.95 bits per heavy atom. The van der Waals surface area contributed by atoms with Crippen molar-refractivity contribution < 1.29 is 4.79 Å². The Balaban J connectivity index is 1.52. The molecule has 0 saturated carbocycles. The molecule has 1 heterocycles. The molecule has 2 aliphatic rings. The molecule has 1 unspecified atom stereocenters. The number of likely N-dealkylation sites (tertiary alicyclic amines) is 1. The van der Waals surface area contributed by atoms with Gasteiger partial charge in [0.1, 0.15) is 0 Å². The van der Waals surface area contributed by atoms with E-state index in [2.05, 4.69) is 46.6 Å². The van der Waals surface area contributed by atoms with Crippen LogP contribution in [0.5, 0.6) is 0 Å². The molecule has 1 saturated heterocycles. The van der Waals surface area contributed by atoms with Crippen LogP contribution in [0.15, 0.2) is 36.4 Å². The third-order valence-corrected chi connectivity index (χ3v) is 4.75. The van der Waals surface area contributed by atoms with Gasteiger partial charge in [0.15, 0.2) is 0 Å². The summed E-state index contributed by atoms with van der Waals surface area (Å²) >= 11 is 0. The molecular weight excluding hydrogens is 272 g/mol. The van der Waals surface area contributed by atoms with Crippen molar-refractivity contribution in [3.63, 3.8) is 0 Å². The molecule has 3 nitrogen and oxygen atoms in total. The number of hydrogen-bond acceptors (Lipinski definition) is 2. The van der Waals surface area contributed by atoms with Crippen molar-refractivity contribution in [1.82, 2.24) is 10.2 Å². The number of carbonyl (C=O) groups is 1. The van der Waals surface area contributed by atoms with Crippen molar-refractivity contribution in [2.75, 3.05) is 13.1 Å². The minimum atomic E-state index is 0.174. The highest BCUT2D eigenvalue weighted by Gasteiger charge is 2.15. The van der Waals surface area contributed by atoms with Crippen LogP contribution in [0, 0.1) is 5.92 Å². The van der Waals surface area contributed by atoms with Crippen LogP contribution in [0.1, 0.15) is 43.2 Å². The van der Waals surface area contributed by atoms with Gasteiger partial charge in [-0.25, -0.2) is 0 Å². The smallest absolute Gasteiger partial charge is 0.220 e. The molecule has 0 bridgehead atoms. The number of allylic oxidation sites excluding steroid dienone is 2. The van der Waals surface area contributed by atoms with E-state index in [1.54, 1.807) is 0 Å². The minimum Gasteiger partial charge on any atom is -0.352 e. The molecule has 118 valence electrons. The molecule has 22 heavy (non-hydrogen) atoms. The number of hydrogen-bond donors (Lipinski definition) is 1. The van der Waals surface area contributed by atoms with E-state index in [0.29, 0.717) is 18.9 Å². The van der Waals surface area contributed by atoms with Gasteiger partial charge in [-0.05, 0) is 55.8 Å². The van der Waals surface area contributed by atoms with Crippen molar-refractivity contribution >= 4 is 5.91 Å². The van der Waals surface area contributed by atoms with Crippen molar-refractivity contribution in [1.29, 1.82) is 0 Å². The van der Waals surface area contributed by atoms with Gasteiger partial charge in [0.25, 0.3) is 0 Å². The fraction of sp³-hybridized carbons (Fsp3) is 0.526. The highest BCUT2D eigenvalue weighted by molar-refractivity contribution is 5.76. The average molecular weight is 298 g/mol. The lowest BCUT2D eigenvalue weighted by molar-refractivity contribution is -0.121. The highest BCUT2D eigenvalue weighted by atomic mass is 16.1. The Labute approximate surface area is 133 Å². The van der Waals surface area contributed by atoms with Gasteiger partial charge in [-0.2, -0.15) is 0 Å². The Bertz CT molecular complexity index is 532. The largest absolute Gasteiger partial charge is 0.352 e. The van der Waals surface area contributed by atoms with E-state index in [1.165, 1.54) is 37.1 Å². The van der Waals surface area contributed by atoms with Crippen LogP contribution in [-0.4, -0.2) is 23.9 Å². The van der Waals surface area contributed by atoms with E-state index in [1.807, 2.05) is 0 Å². The van der Waals surface area contributed by atoms with E-state index in [9.17, 15) is 4.79 Å². The summed E-state index contributed by atoms with van der Waals surface area (Å²) in [6, 6.07) is 8.50. The van der Waals surface area contributed by atoms with E-state index in [0.717, 1.165) is 19.4 Å². The van der Waals surface area contributed by atoms with Crippen LogP contribution in [0.2, 0.25) is 0 Å². The molecule has 1 aromatic carbocycles. The van der Waals surface area contributed by atoms with E-state index in [4.69, 9.17) is 0 Å². The molecule has 1 aliphatic carbocycles. The third-order valence-electron chi connectivity index (χ3n) is 4.75. The number of benzene rings is 1. The zero-order chi connectivity index (χ0) is 15.2. The lowest BCUT2D eigenvalue weighted by Gasteiger charge is -2.18. The van der Waals surface area contributed by atoms with Crippen LogP contribution < -0.4 is 5.32 Å². The van der Waals surface area contributed by atoms with Crippen LogP contribution in [-0.2, 0) is 17.9 Å². The number of carbonyl (C=O) groups excluding carboxylic acids is 1. The molecule has 1 amide bonds. The summed E-state index contributed by atoms with van der Waals surface area (Å²) in [6.45, 7) is 4.07. The molecule has 0 radical (unpaired) electrons. The van der Waals surface area contributed by atoms with Crippen molar-refractivity contribution in [3.8, 4) is 0 Å². The van der Waals surface area contributed by atoms with Gasteiger partial charge in [0.2, 0.25) is 5.91 Å². The fourth-order valence-corrected chi connectivity index (χ4v) is 3.44. The monoisotopic (exact) mass is 298 g/mol. The van der Waals surface area contributed by atoms with Gasteiger partial charge >= 0.3 is 0 Å². The highest BCUT2D eigenvalue weighted by Crippen LogP contribution is 2.20. The van der Waals surface area contributed by atoms with Gasteiger partial charge in [-0.1, -0.05) is 36.4 Å². The maximum Gasteiger partial charge on any atom is 0.220 e. The van der Waals surface area contributed by atoms with Crippen molar-refractivity contribution in [3.05, 3.63) is 47.5 Å². The molecule has 3 heteroatoms. The first-order valence-corrected chi connectivity index (χ1v) is 8.54. The second-order valence-electron chi connectivity index (χ2n) is 6.50. The fourth-order valence-electron chi connectivity index (χ4n) is 3.44. The molecule has 1 aromatic rings. The van der Waals surface area contributed by atoms with Crippen LogP contribution in [0.25, 0.3) is 0 Å². The first-order chi connectivity index (χ1) is 10.8. The lowest BCUT2D eigenvalue weighted by atomic mass is 10.0. The molecule has 3 rings (SSSR count). The molecule has 0 spiro atoms. The average Bonchev–Trinajstić information content (AvgIpc) is 3.20. The second-order valence-corrected chi connectivity index (χ2v) is 6.50. The zero-order valence-corrected chi connectivity index (χ0v) is 13.3. The van der Waals surface area contributed by atoms with Gasteiger partial charge in [-0.3, -0.25) is 9.69 Å². The molecular formula is C19H26N2O. The molecule has 1 aliphatic heterocycles. The Kier molecular flexibility index (Phi) is 5.28. The number of nitrogens with one attached hydrogen (secondary N) is 1. The molecule has 0 aromatic heterocycles. The standard InChI is InChI=1S/C19H26N2O/c22-19(13-16-7-1-2-8-16)20-14-17-9-3-4-10-18(17)15-21-11-5-6-12-21/h1,3-4,7,9-10,16H,2,5-6,8,11-15H2,(H,20,22). The van der Waals surface area contributed by atoms with Gasteiger partial charge < -0.3 is 5.32 Å². The predicted molar refractivity (Wildman–Crippen MR) is 89.3 cm³/mol. The summed E-state index contributed by atoms with van der Waals surface area (Å²) in [5.41, 5.74) is 2.61. The number of rotatable bonds is 6. The molecule has 1 N–H and O–H groups in total. The van der Waals surface area contributed by atoms with E-state index < -0.39 is 0 Å². The number of nitrogens with zero attached hydrogens (tertiary/aromatic N) is 1. The first kappa shape index (κ1) is 15.3. The molecule has 1 atom stereocenters. The summed E-state index contributed by atoms with van der Waals surface area (Å²) in [5.74, 6) is 0.618. The number of amides is 1. The Morgan fingerprint density at radius 1 is 1.18 bits per heavy atom. The van der Waals surface area contributed by atoms with E-state index >= 15 is 0 Å². The minimum absolute atomic E-state index is 0.174. The quantitative estimate of drug-likeness (QED) is 0.818. The zero-order valence-electron chi connectivity index (χ0n) is 13.3. The van der Waals surface area contributed by atoms with Gasteiger partial charge in [0.05, 0.1) is 0 Å². The molecule has 1 fully saturated rings. The van der Waals surface area contributed by atoms with Crippen LogP contribution in [0.4, 0.5) is 0 Å². The normalized spacial score (nSPS) is 21.4. The van der Waals surface area contributed by atoms with Crippen molar-refractivity contribution in [2.45, 2.75) is 45.2 Å². The predicted octanol–water partition coefficient (Wildman–Crippen LogP) is 3.25. The topological polar surface area (TPSA) is 32.3 Å². The lowest BCUT2D eigenvalue weighted by Crippen LogP contribution is -2.26. The summed E-state index contributed by atoms with van der Waals surface area (Å²) in [7, 11) is 0. The van der Waals surface area contributed by atoms with Crippen LogP contribution >= 0.6 is 0 Å².